The SMILES string of the molecule is CN(Cc1nc2ccc(C(=O)NCc3cccnc3)cc2[nH]1)c1nc2ccccc2cc1C1C=CC2=C(CCc3c2ccc2ccccc32)C1. The minimum absolute atomic E-state index is 0.136. The highest BCUT2D eigenvalue weighted by Crippen LogP contribution is 2.45. The zero-order chi connectivity index (χ0) is 33.6. The molecule has 3 aromatic heterocycles. The average molecular weight is 653 g/mol. The van der Waals surface area contributed by atoms with Gasteiger partial charge in [0.25, 0.3) is 5.91 Å². The molecule has 7 heteroatoms. The second-order valence-corrected chi connectivity index (χ2v) is 13.4. The summed E-state index contributed by atoms with van der Waals surface area (Å²) in [5.74, 6) is 1.86. The number of allylic oxidation sites excluding steroid dienone is 4. The van der Waals surface area contributed by atoms with E-state index in [9.17, 15) is 4.79 Å². The quantitative estimate of drug-likeness (QED) is 0.180. The van der Waals surface area contributed by atoms with E-state index in [-0.39, 0.29) is 11.8 Å². The Bertz CT molecular complexity index is 2500. The Morgan fingerprint density at radius 1 is 0.900 bits per heavy atom. The van der Waals surface area contributed by atoms with Crippen LogP contribution in [0, 0.1) is 0 Å². The summed E-state index contributed by atoms with van der Waals surface area (Å²) >= 11 is 0. The van der Waals surface area contributed by atoms with Crippen LogP contribution in [0.15, 0.2) is 127 Å². The molecule has 0 aliphatic heterocycles. The Labute approximate surface area is 290 Å². The van der Waals surface area contributed by atoms with Gasteiger partial charge in [0.1, 0.15) is 11.6 Å². The summed E-state index contributed by atoms with van der Waals surface area (Å²) < 4.78 is 0. The molecule has 0 fully saturated rings. The zero-order valence-corrected chi connectivity index (χ0v) is 27.9. The van der Waals surface area contributed by atoms with Crippen molar-refractivity contribution >= 4 is 50.0 Å². The number of aromatic nitrogens is 4. The molecule has 1 atom stereocenters. The monoisotopic (exact) mass is 652 g/mol. The summed E-state index contributed by atoms with van der Waals surface area (Å²) in [7, 11) is 2.09. The van der Waals surface area contributed by atoms with Crippen molar-refractivity contribution in [2.24, 2.45) is 0 Å². The molecule has 2 N–H and O–H groups in total. The molecule has 4 aromatic carbocycles. The van der Waals surface area contributed by atoms with E-state index in [1.165, 1.54) is 38.6 Å². The molecular weight excluding hydrogens is 617 g/mol. The van der Waals surface area contributed by atoms with Crippen LogP contribution in [0.2, 0.25) is 0 Å². The van der Waals surface area contributed by atoms with Crippen molar-refractivity contribution in [2.45, 2.75) is 38.3 Å². The van der Waals surface area contributed by atoms with Crippen molar-refractivity contribution in [1.82, 2.24) is 25.3 Å². The minimum atomic E-state index is -0.136. The van der Waals surface area contributed by atoms with Gasteiger partial charge in [-0.1, -0.05) is 78.4 Å². The summed E-state index contributed by atoms with van der Waals surface area (Å²) in [6.07, 6.45) is 11.3. The lowest BCUT2D eigenvalue weighted by atomic mass is 9.75. The molecule has 0 saturated carbocycles. The molecule has 3 heterocycles. The number of rotatable bonds is 7. The number of aryl methyl sites for hydroxylation is 1. The first-order chi connectivity index (χ1) is 24.6. The average Bonchev–Trinajstić information content (AvgIpc) is 3.57. The molecule has 50 heavy (non-hydrogen) atoms. The number of aromatic amines is 1. The fourth-order valence-electron chi connectivity index (χ4n) is 7.70. The van der Waals surface area contributed by atoms with Gasteiger partial charge in [-0.3, -0.25) is 9.78 Å². The van der Waals surface area contributed by atoms with Gasteiger partial charge in [0, 0.05) is 48.4 Å². The van der Waals surface area contributed by atoms with E-state index in [1.54, 1.807) is 12.4 Å². The van der Waals surface area contributed by atoms with E-state index in [0.29, 0.717) is 18.7 Å². The van der Waals surface area contributed by atoms with Crippen LogP contribution in [0.4, 0.5) is 5.82 Å². The number of carbonyl (C=O) groups is 1. The molecule has 0 bridgehead atoms. The van der Waals surface area contributed by atoms with Gasteiger partial charge in [-0.15, -0.1) is 0 Å². The Hall–Kier alpha value is -6.08. The molecule has 7 aromatic rings. The van der Waals surface area contributed by atoms with Crippen LogP contribution in [0.1, 0.15) is 57.2 Å². The molecule has 1 unspecified atom stereocenters. The van der Waals surface area contributed by atoms with Gasteiger partial charge >= 0.3 is 0 Å². The highest BCUT2D eigenvalue weighted by Gasteiger charge is 2.27. The number of carbonyl (C=O) groups excluding carboxylic acids is 1. The number of nitrogens with one attached hydrogen (secondary N) is 2. The van der Waals surface area contributed by atoms with Crippen LogP contribution in [0.3, 0.4) is 0 Å². The molecule has 0 radical (unpaired) electrons. The lowest BCUT2D eigenvalue weighted by Crippen LogP contribution is -2.22. The number of fused-ring (bicyclic) bond motifs is 6. The largest absolute Gasteiger partial charge is 0.352 e. The topological polar surface area (TPSA) is 86.8 Å². The summed E-state index contributed by atoms with van der Waals surface area (Å²) in [6, 6.07) is 33.4. The predicted octanol–water partition coefficient (Wildman–Crippen LogP) is 8.67. The van der Waals surface area contributed by atoms with Crippen molar-refractivity contribution < 1.29 is 4.79 Å². The third-order valence-electron chi connectivity index (χ3n) is 10.2. The van der Waals surface area contributed by atoms with Gasteiger partial charge in [0.15, 0.2) is 0 Å². The number of benzene rings is 4. The maximum Gasteiger partial charge on any atom is 0.251 e. The Morgan fingerprint density at radius 3 is 2.68 bits per heavy atom. The second kappa shape index (κ2) is 12.4. The van der Waals surface area contributed by atoms with E-state index in [4.69, 9.17) is 9.97 Å². The molecular formula is C43H36N6O. The maximum absolute atomic E-state index is 12.9. The molecule has 0 spiro atoms. The number of hydrogen-bond donors (Lipinski definition) is 2. The highest BCUT2D eigenvalue weighted by molar-refractivity contribution is 5.97. The van der Waals surface area contributed by atoms with Crippen LogP contribution >= 0.6 is 0 Å². The number of pyridine rings is 2. The van der Waals surface area contributed by atoms with Crippen molar-refractivity contribution in [3.63, 3.8) is 0 Å². The fraction of sp³-hybridized carbons (Fsp3) is 0.163. The summed E-state index contributed by atoms with van der Waals surface area (Å²) in [4.78, 5) is 32.8. The van der Waals surface area contributed by atoms with Crippen LogP contribution in [-0.4, -0.2) is 32.9 Å². The molecule has 2 aliphatic carbocycles. The summed E-state index contributed by atoms with van der Waals surface area (Å²) in [5, 5.41) is 6.82. The third kappa shape index (κ3) is 5.50. The predicted molar refractivity (Wildman–Crippen MR) is 201 cm³/mol. The van der Waals surface area contributed by atoms with Gasteiger partial charge in [-0.25, -0.2) is 9.97 Å². The van der Waals surface area contributed by atoms with Gasteiger partial charge in [0.05, 0.1) is 23.1 Å². The molecule has 7 nitrogen and oxygen atoms in total. The standard InChI is InChI=1S/C43H36N6O/c1-49(26-41-46-39-19-15-32(23-40(39)47-41)43(50)45-25-27-7-6-20-44-24-27)42-37(22-31-9-3-5-11-38(31)48-42)30-13-16-34-29(21-30)14-18-35-33-10-4-2-8-28(33)12-17-36(34)35/h2-13,15-17,19-20,22-24,30H,14,18,21,25-26H2,1H3,(H,45,50)(H,46,47). The maximum atomic E-state index is 12.9. The normalized spacial score (nSPS) is 15.3. The Kier molecular flexibility index (Phi) is 7.46. The zero-order valence-electron chi connectivity index (χ0n) is 27.9. The molecule has 0 saturated heterocycles. The van der Waals surface area contributed by atoms with Crippen molar-refractivity contribution in [2.75, 3.05) is 11.9 Å². The number of amides is 1. The number of anilines is 1. The van der Waals surface area contributed by atoms with Crippen LogP contribution in [0.25, 0.3) is 38.3 Å². The Morgan fingerprint density at radius 2 is 1.78 bits per heavy atom. The van der Waals surface area contributed by atoms with Crippen molar-refractivity contribution in [3.05, 3.63) is 161 Å². The van der Waals surface area contributed by atoms with E-state index in [1.807, 2.05) is 36.4 Å². The number of hydrogen-bond acceptors (Lipinski definition) is 5. The fourth-order valence-corrected chi connectivity index (χ4v) is 7.70. The number of nitrogens with zero attached hydrogens (tertiary/aromatic N) is 4. The molecule has 2 aliphatic rings. The summed E-state index contributed by atoms with van der Waals surface area (Å²) in [5.41, 5.74) is 11.2. The van der Waals surface area contributed by atoms with E-state index >= 15 is 0 Å². The smallest absolute Gasteiger partial charge is 0.251 e. The molecule has 9 rings (SSSR count). The first-order valence-electron chi connectivity index (χ1n) is 17.3. The highest BCUT2D eigenvalue weighted by atomic mass is 16.1. The second-order valence-electron chi connectivity index (χ2n) is 13.4. The summed E-state index contributed by atoms with van der Waals surface area (Å²) in [6.45, 7) is 0.963. The third-order valence-corrected chi connectivity index (χ3v) is 10.2. The number of H-pyrrole nitrogens is 1. The van der Waals surface area contributed by atoms with E-state index < -0.39 is 0 Å². The van der Waals surface area contributed by atoms with Gasteiger partial charge in [-0.2, -0.15) is 0 Å². The first-order valence-corrected chi connectivity index (χ1v) is 17.3. The van der Waals surface area contributed by atoms with Crippen molar-refractivity contribution in [1.29, 1.82) is 0 Å². The minimum Gasteiger partial charge on any atom is -0.352 e. The van der Waals surface area contributed by atoms with Crippen LogP contribution in [-0.2, 0) is 19.5 Å². The lowest BCUT2D eigenvalue weighted by Gasteiger charge is -2.31. The van der Waals surface area contributed by atoms with Crippen molar-refractivity contribution in [3.8, 4) is 0 Å². The van der Waals surface area contributed by atoms with Gasteiger partial charge in [0.2, 0.25) is 0 Å². The molecule has 244 valence electrons. The molecule has 1 amide bonds. The van der Waals surface area contributed by atoms with Crippen LogP contribution in [0.5, 0.6) is 0 Å². The van der Waals surface area contributed by atoms with Gasteiger partial charge in [-0.05, 0) is 88.7 Å². The van der Waals surface area contributed by atoms with E-state index in [2.05, 4.69) is 100 Å². The van der Waals surface area contributed by atoms with Crippen LogP contribution < -0.4 is 10.2 Å². The Balaban J connectivity index is 0.988. The lowest BCUT2D eigenvalue weighted by molar-refractivity contribution is 0.0951. The van der Waals surface area contributed by atoms with E-state index in [0.717, 1.165) is 58.4 Å². The number of imidazole rings is 1. The number of para-hydroxylation sites is 1. The first kappa shape index (κ1) is 30.0. The van der Waals surface area contributed by atoms with Gasteiger partial charge < -0.3 is 15.2 Å².